The van der Waals surface area contributed by atoms with E-state index in [0.29, 0.717) is 0 Å². The van der Waals surface area contributed by atoms with Crippen molar-refractivity contribution in [3.63, 3.8) is 0 Å². The molecule has 0 aromatic heterocycles. The number of esters is 2. The minimum absolute atomic E-state index is 0.175. The Balaban J connectivity index is 1.97. The van der Waals surface area contributed by atoms with E-state index in [2.05, 4.69) is 10.1 Å². The molecule has 21 nitrogen and oxygen atoms in total. The average Bonchev–Trinajstić information content (AvgIpc) is 3.31. The number of hydrogen-bond donors (Lipinski definition) is 13. The molecule has 408 valence electrons. The van der Waals surface area contributed by atoms with Crippen molar-refractivity contribution < 1.29 is 94.2 Å². The van der Waals surface area contributed by atoms with Gasteiger partial charge in [-0.3, -0.25) is 9.59 Å². The first-order chi connectivity index (χ1) is 34.0. The summed E-state index contributed by atoms with van der Waals surface area (Å²) in [6.07, 6.45) is 2.40. The number of ether oxygens (including phenoxy) is 5. The Morgan fingerprint density at radius 1 is 0.722 bits per heavy atom. The minimum atomic E-state index is -2.44. The third-order valence-electron chi connectivity index (χ3n) is 13.0. The van der Waals surface area contributed by atoms with Gasteiger partial charge in [-0.1, -0.05) is 98.9 Å². The van der Waals surface area contributed by atoms with E-state index in [1.807, 2.05) is 13.0 Å². The maximum atomic E-state index is 13.9. The normalized spacial score (nSPS) is 42.5. The lowest BCUT2D eigenvalue weighted by molar-refractivity contribution is -0.308. The Bertz CT molecular complexity index is 1870. The van der Waals surface area contributed by atoms with Crippen LogP contribution in [0.2, 0.25) is 0 Å². The van der Waals surface area contributed by atoms with Crippen LogP contribution in [0.15, 0.2) is 85.1 Å². The lowest BCUT2D eigenvalue weighted by Gasteiger charge is -2.46. The fraction of sp³-hybridized carbons (Fsp3) is 0.667. The number of methoxy groups -OCH3 is 1. The van der Waals surface area contributed by atoms with Crippen LogP contribution in [0.25, 0.3) is 0 Å². The highest BCUT2D eigenvalue weighted by atomic mass is 16.7. The average molecular weight is 1030 g/mol. The van der Waals surface area contributed by atoms with Crippen molar-refractivity contribution >= 4 is 17.8 Å². The summed E-state index contributed by atoms with van der Waals surface area (Å²) in [5, 5.41) is 122. The number of carbonyl (C=O) groups excluding carboxylic acids is 3. The number of aliphatic hydroxyl groups is 11. The molecule has 2 bridgehead atoms. The molecule has 0 radical (unpaired) electrons. The van der Waals surface area contributed by atoms with Gasteiger partial charge in [-0.25, -0.2) is 4.79 Å². The van der Waals surface area contributed by atoms with Crippen LogP contribution in [-0.4, -0.2) is 191 Å². The predicted octanol–water partition coefficient (Wildman–Crippen LogP) is -0.723. The molecule has 20 atom stereocenters. The molecule has 5 unspecified atom stereocenters. The summed E-state index contributed by atoms with van der Waals surface area (Å²) in [4.78, 5) is 38.9. The van der Waals surface area contributed by atoms with Crippen molar-refractivity contribution in [3.05, 3.63) is 85.1 Å². The Morgan fingerprint density at radius 2 is 1.28 bits per heavy atom. The highest BCUT2D eigenvalue weighted by Gasteiger charge is 2.51. The van der Waals surface area contributed by atoms with Crippen LogP contribution in [0.3, 0.4) is 0 Å². The van der Waals surface area contributed by atoms with Gasteiger partial charge < -0.3 is 90.9 Å². The van der Waals surface area contributed by atoms with Crippen LogP contribution in [-0.2, 0) is 38.1 Å². The first-order valence-electron chi connectivity index (χ1n) is 24.5. The summed E-state index contributed by atoms with van der Waals surface area (Å²) in [6.45, 7) is 5.82. The number of rotatable bonds is 6. The molecule has 3 heterocycles. The maximum Gasteiger partial charge on any atom is 0.330 e. The number of nitrogens with two attached hydrogens (primary N) is 1. The zero-order valence-electron chi connectivity index (χ0n) is 41.7. The van der Waals surface area contributed by atoms with E-state index >= 15 is 0 Å². The van der Waals surface area contributed by atoms with Gasteiger partial charge in [0.2, 0.25) is 5.91 Å². The van der Waals surface area contributed by atoms with Crippen molar-refractivity contribution in [1.29, 1.82) is 0 Å². The molecule has 2 saturated heterocycles. The molecule has 2 fully saturated rings. The molecule has 3 aliphatic heterocycles. The van der Waals surface area contributed by atoms with Crippen molar-refractivity contribution in [2.75, 3.05) is 13.7 Å². The van der Waals surface area contributed by atoms with Crippen LogP contribution < -0.4 is 11.1 Å². The first kappa shape index (κ1) is 62.3. The first-order valence-corrected chi connectivity index (χ1v) is 24.5. The molecule has 21 heteroatoms. The number of allylic oxidation sites excluding steroid dienone is 12. The van der Waals surface area contributed by atoms with E-state index in [4.69, 9.17) is 24.7 Å². The molecule has 0 aliphatic carbocycles. The van der Waals surface area contributed by atoms with Crippen LogP contribution in [0.5, 0.6) is 0 Å². The second kappa shape index (κ2) is 31.0. The molecule has 0 aromatic carbocycles. The molecule has 0 aromatic rings. The van der Waals surface area contributed by atoms with Crippen LogP contribution >= 0.6 is 0 Å². The Kier molecular flexibility index (Phi) is 26.8. The van der Waals surface area contributed by atoms with E-state index < -0.39 is 159 Å². The molecule has 0 spiro atoms. The molecule has 14 N–H and O–H groups in total. The van der Waals surface area contributed by atoms with E-state index in [0.717, 1.165) is 7.11 Å². The fourth-order valence-electron chi connectivity index (χ4n) is 8.56. The van der Waals surface area contributed by atoms with Gasteiger partial charge in [0.15, 0.2) is 18.1 Å². The van der Waals surface area contributed by atoms with Crippen molar-refractivity contribution in [1.82, 2.24) is 5.32 Å². The lowest BCUT2D eigenvalue weighted by Crippen LogP contribution is -2.62. The van der Waals surface area contributed by atoms with E-state index in [1.165, 1.54) is 13.0 Å². The monoisotopic (exact) mass is 1020 g/mol. The van der Waals surface area contributed by atoms with E-state index in [-0.39, 0.29) is 38.0 Å². The number of carbonyl (C=O) groups is 3. The van der Waals surface area contributed by atoms with Gasteiger partial charge in [0, 0.05) is 31.1 Å². The largest absolute Gasteiger partial charge is 0.467 e. The highest BCUT2D eigenvalue weighted by molar-refractivity contribution is 5.86. The molecular weight excluding hydrogens is 945 g/mol. The Labute approximate surface area is 421 Å². The van der Waals surface area contributed by atoms with Crippen molar-refractivity contribution in [2.24, 2.45) is 23.5 Å². The van der Waals surface area contributed by atoms with E-state index in [1.54, 1.807) is 86.8 Å². The standard InChI is InChI=1S/C51H80N2O19/c1-29-18-16-14-12-10-8-6-7-9-11-13-15-17-19-36(71-50-47(64)44(52)46(63)32(4)70-50)25-41-43(48(65)53-37(28-54)49(66)68-5)40(60)27-51(67,72-41)26-39(59)38(58)21-20-33(55)22-34(56)23-35(57)24-42(61)69-31(3)30(2)45(29)62/h6-19,29-41,43-47,50,54-60,62-64,67H,20-28,52H2,1-5H3,(H,53,65)/b7-6+,10-8+,11-9+,14-12+,15-13+,18-16+,19-17+/t29-,30-,31-,32+,33?,34?,35?,36-,37?,38+,39+,40-,41-,43+,44-,45+,46+,47-,50?,51+/m0/s1. The van der Waals surface area contributed by atoms with Crippen LogP contribution in [0.4, 0.5) is 0 Å². The summed E-state index contributed by atoms with van der Waals surface area (Å²) < 4.78 is 28.2. The molecule has 3 aliphatic rings. The third kappa shape index (κ3) is 20.4. The molecule has 72 heavy (non-hydrogen) atoms. The van der Waals surface area contributed by atoms with Gasteiger partial charge in [0.25, 0.3) is 0 Å². The summed E-state index contributed by atoms with van der Waals surface area (Å²) in [7, 11) is 1.04. The fourth-order valence-corrected chi connectivity index (χ4v) is 8.56. The second-order valence-electron chi connectivity index (χ2n) is 19.0. The quantitative estimate of drug-likeness (QED) is 0.146. The van der Waals surface area contributed by atoms with Crippen LogP contribution in [0, 0.1) is 17.8 Å². The lowest BCUT2D eigenvalue weighted by atomic mass is 9.82. The number of hydrogen-bond acceptors (Lipinski definition) is 20. The molecular formula is C51H80N2O19. The smallest absolute Gasteiger partial charge is 0.330 e. The number of amides is 1. The molecule has 3 rings (SSSR count). The summed E-state index contributed by atoms with van der Waals surface area (Å²) in [5.74, 6) is -7.55. The predicted molar refractivity (Wildman–Crippen MR) is 260 cm³/mol. The van der Waals surface area contributed by atoms with Crippen molar-refractivity contribution in [3.8, 4) is 0 Å². The zero-order valence-corrected chi connectivity index (χ0v) is 41.7. The van der Waals surface area contributed by atoms with Gasteiger partial charge >= 0.3 is 11.9 Å². The zero-order chi connectivity index (χ0) is 53.7. The Morgan fingerprint density at radius 3 is 1.86 bits per heavy atom. The summed E-state index contributed by atoms with van der Waals surface area (Å²) in [6, 6.07) is -2.75. The summed E-state index contributed by atoms with van der Waals surface area (Å²) in [5.41, 5.74) is 6.08. The van der Waals surface area contributed by atoms with Gasteiger partial charge in [-0.15, -0.1) is 0 Å². The Hall–Kier alpha value is -4.01. The molecule has 0 saturated carbocycles. The second-order valence-corrected chi connectivity index (χ2v) is 19.0. The maximum absolute atomic E-state index is 13.9. The van der Waals surface area contributed by atoms with Crippen molar-refractivity contribution in [2.45, 2.75) is 183 Å². The topological polar surface area (TPSA) is 358 Å². The number of fused-ring (bicyclic) bond motifs is 2. The van der Waals surface area contributed by atoms with Gasteiger partial charge in [0.1, 0.15) is 12.2 Å². The van der Waals surface area contributed by atoms with Gasteiger partial charge in [-0.05, 0) is 39.5 Å². The van der Waals surface area contributed by atoms with Crippen LogP contribution in [0.1, 0.15) is 79.1 Å². The van der Waals surface area contributed by atoms with Gasteiger partial charge in [-0.2, -0.15) is 0 Å². The number of nitrogens with one attached hydrogen (secondary N) is 1. The molecule has 1 amide bonds. The summed E-state index contributed by atoms with van der Waals surface area (Å²) >= 11 is 0. The van der Waals surface area contributed by atoms with E-state index in [9.17, 15) is 70.6 Å². The van der Waals surface area contributed by atoms with Gasteiger partial charge in [0.05, 0.1) is 99.2 Å². The SMILES string of the molecule is COC(=O)C(CO)NC(=O)[C@H]1[C@@H]2C[C@@H](OC3O[C@H](C)[C@@H](O)[C@H](N)[C@@H]3O)/C=C/C=C/C=C/C=C/C=C/C=C/C=C/[C@H](C)[C@@H](O)[C@@H](C)[C@H](C)OC(=O)CC(O)CC(O)CC(O)CC[C@@H](O)[C@H](O)C[C@](O)(C[C@@H]1O)O2. The third-order valence-corrected chi connectivity index (χ3v) is 13.0. The number of cyclic esters (lactones) is 1. The number of aliphatic hydroxyl groups excluding tert-OH is 10. The minimum Gasteiger partial charge on any atom is -0.467 e. The highest BCUT2D eigenvalue weighted by Crippen LogP contribution is 2.38.